The number of unbranched alkanes of at least 4 members (excludes halogenated alkanes) is 2. The third-order valence-corrected chi connectivity index (χ3v) is 5.27. The van der Waals surface area contributed by atoms with Gasteiger partial charge in [-0.2, -0.15) is 43.9 Å². The molecule has 16 heteroatoms. The van der Waals surface area contributed by atoms with Gasteiger partial charge in [0.2, 0.25) is 0 Å². The third kappa shape index (κ3) is 7.08. The minimum atomic E-state index is -7.67. The van der Waals surface area contributed by atoms with Crippen molar-refractivity contribution in [2.24, 2.45) is 11.8 Å². The number of halogens is 12. The van der Waals surface area contributed by atoms with Gasteiger partial charge >= 0.3 is 48.0 Å². The number of rotatable bonds is 16. The number of hydrogen-bond acceptors (Lipinski definition) is 3. The van der Waals surface area contributed by atoms with Gasteiger partial charge in [0.15, 0.2) is 6.61 Å². The molecule has 0 bridgehead atoms. The lowest BCUT2D eigenvalue weighted by Crippen LogP contribution is -2.69. The Morgan fingerprint density at radius 2 is 1.29 bits per heavy atom. The van der Waals surface area contributed by atoms with Crippen LogP contribution in [-0.4, -0.2) is 59.7 Å². The molecule has 2 atom stereocenters. The fourth-order valence-electron chi connectivity index (χ4n) is 2.77. The van der Waals surface area contributed by atoms with Crippen LogP contribution in [0.1, 0.15) is 52.4 Å². The quantitative estimate of drug-likeness (QED) is 0.134. The highest BCUT2D eigenvalue weighted by Crippen LogP contribution is 2.58. The van der Waals surface area contributed by atoms with Gasteiger partial charge in [0.05, 0.1) is 11.8 Å². The summed E-state index contributed by atoms with van der Waals surface area (Å²) in [5.41, 5.74) is 0. The molecule has 2 unspecified atom stereocenters. The molecule has 0 aliphatic carbocycles. The van der Waals surface area contributed by atoms with E-state index in [4.69, 9.17) is 5.11 Å². The van der Waals surface area contributed by atoms with E-state index in [1.807, 2.05) is 0 Å². The number of esters is 1. The van der Waals surface area contributed by atoms with E-state index in [1.54, 1.807) is 0 Å². The molecule has 0 radical (unpaired) electrons. The number of carbonyl (C=O) groups excluding carboxylic acids is 1. The highest BCUT2D eigenvalue weighted by molar-refractivity contribution is 5.72. The molecule has 4 nitrogen and oxygen atoms in total. The molecular weight excluding hydrogens is 520 g/mol. The maximum absolute atomic E-state index is 13.7. The minimum Gasteiger partial charge on any atom is -0.481 e. The molecule has 0 spiro atoms. The predicted molar refractivity (Wildman–Crippen MR) is 95.4 cm³/mol. The first-order valence-electron chi connectivity index (χ1n) is 10.2. The minimum absolute atomic E-state index is 0.0758. The van der Waals surface area contributed by atoms with Crippen LogP contribution in [0.4, 0.5) is 52.7 Å². The second-order valence-corrected chi connectivity index (χ2v) is 7.94. The Kier molecular flexibility index (Phi) is 11.2. The van der Waals surface area contributed by atoms with E-state index >= 15 is 0 Å². The van der Waals surface area contributed by atoms with E-state index in [2.05, 4.69) is 4.74 Å². The average Bonchev–Trinajstić information content (AvgIpc) is 2.73. The molecule has 0 saturated heterocycles. The third-order valence-electron chi connectivity index (χ3n) is 5.27. The highest BCUT2D eigenvalue weighted by atomic mass is 19.4. The van der Waals surface area contributed by atoms with E-state index in [0.29, 0.717) is 12.8 Å². The van der Waals surface area contributed by atoms with Crippen molar-refractivity contribution in [3.8, 4) is 0 Å². The van der Waals surface area contributed by atoms with Crippen LogP contribution >= 0.6 is 0 Å². The van der Waals surface area contributed by atoms with Gasteiger partial charge in [-0.25, -0.2) is 8.78 Å². The first-order valence-corrected chi connectivity index (χ1v) is 10.2. The molecule has 0 saturated carbocycles. The standard InChI is InChI=1S/C19H24F12O4/c1-3-11(8-6-4-5-7-10(2)12(32)33)13(34)35-9-15(22,23)17(26,27)19(30,31)18(28,29)16(24,25)14(20)21/h10-11,14H,3-9H2,1-2H3,(H,32,33). The van der Waals surface area contributed by atoms with Crippen LogP contribution in [0, 0.1) is 11.8 Å². The number of ether oxygens (including phenoxy) is 1. The van der Waals surface area contributed by atoms with Crippen molar-refractivity contribution in [3.63, 3.8) is 0 Å². The largest absolute Gasteiger partial charge is 0.481 e. The van der Waals surface area contributed by atoms with E-state index in [1.165, 1.54) is 13.8 Å². The molecular formula is C19H24F12O4. The fourth-order valence-corrected chi connectivity index (χ4v) is 2.77. The summed E-state index contributed by atoms with van der Waals surface area (Å²) in [5.74, 6) is -40.6. The topological polar surface area (TPSA) is 63.6 Å². The monoisotopic (exact) mass is 544 g/mol. The van der Waals surface area contributed by atoms with Crippen LogP contribution in [0.15, 0.2) is 0 Å². The molecule has 0 aliphatic heterocycles. The Labute approximate surface area is 192 Å². The number of alkyl halides is 12. The summed E-state index contributed by atoms with van der Waals surface area (Å²) in [6.07, 6.45) is -4.51. The fraction of sp³-hybridized carbons (Fsp3) is 0.895. The van der Waals surface area contributed by atoms with E-state index in [0.717, 1.165) is 0 Å². The molecule has 0 aromatic heterocycles. The van der Waals surface area contributed by atoms with Crippen molar-refractivity contribution in [3.05, 3.63) is 0 Å². The summed E-state index contributed by atoms with van der Waals surface area (Å²) in [6.45, 7) is -0.137. The highest BCUT2D eigenvalue weighted by Gasteiger charge is 2.87. The molecule has 0 aliphatic rings. The maximum atomic E-state index is 13.7. The lowest BCUT2D eigenvalue weighted by Gasteiger charge is -2.38. The number of aliphatic carboxylic acids is 1. The molecule has 0 heterocycles. The Balaban J connectivity index is 5.25. The number of hydrogen-bond donors (Lipinski definition) is 1. The summed E-state index contributed by atoms with van der Waals surface area (Å²) in [6, 6.07) is 0. The average molecular weight is 544 g/mol. The van der Waals surface area contributed by atoms with Gasteiger partial charge in [-0.3, -0.25) is 9.59 Å². The van der Waals surface area contributed by atoms with Crippen molar-refractivity contribution >= 4 is 11.9 Å². The van der Waals surface area contributed by atoms with Crippen LogP contribution in [0.5, 0.6) is 0 Å². The second-order valence-electron chi connectivity index (χ2n) is 7.94. The van der Waals surface area contributed by atoms with Crippen molar-refractivity contribution in [2.45, 2.75) is 88.4 Å². The number of carboxylic acid groups (broad SMARTS) is 1. The molecule has 1 N–H and O–H groups in total. The first kappa shape index (κ1) is 33.1. The smallest absolute Gasteiger partial charge is 0.384 e. The van der Waals surface area contributed by atoms with Crippen molar-refractivity contribution in [2.75, 3.05) is 6.61 Å². The van der Waals surface area contributed by atoms with Gasteiger partial charge in [0.1, 0.15) is 0 Å². The van der Waals surface area contributed by atoms with Crippen LogP contribution in [0.2, 0.25) is 0 Å². The first-order chi connectivity index (χ1) is 15.6. The predicted octanol–water partition coefficient (Wildman–Crippen LogP) is 6.67. The van der Waals surface area contributed by atoms with Gasteiger partial charge < -0.3 is 9.84 Å². The van der Waals surface area contributed by atoms with E-state index in [9.17, 15) is 62.3 Å². The SMILES string of the molecule is CCC(CCCCCC(C)C(=O)O)C(=O)OCC(F)(F)C(F)(F)C(F)(F)C(F)(F)C(F)(F)C(F)F. The Morgan fingerprint density at radius 1 is 0.800 bits per heavy atom. The van der Waals surface area contributed by atoms with Crippen molar-refractivity contribution < 1.29 is 72.1 Å². The molecule has 0 fully saturated rings. The Morgan fingerprint density at radius 3 is 1.71 bits per heavy atom. The van der Waals surface area contributed by atoms with Gasteiger partial charge in [0.25, 0.3) is 0 Å². The normalized spacial score (nSPS) is 15.7. The molecule has 0 aromatic rings. The summed E-state index contributed by atoms with van der Waals surface area (Å²) in [5, 5.41) is 8.74. The van der Waals surface area contributed by atoms with E-state index < -0.39 is 66.4 Å². The van der Waals surface area contributed by atoms with E-state index in [-0.39, 0.29) is 25.7 Å². The van der Waals surface area contributed by atoms with Gasteiger partial charge in [-0.1, -0.05) is 33.1 Å². The van der Waals surface area contributed by atoms with Gasteiger partial charge in [-0.15, -0.1) is 0 Å². The lowest BCUT2D eigenvalue weighted by molar-refractivity contribution is -0.414. The number of carboxylic acids is 1. The molecule has 0 amide bonds. The van der Waals surface area contributed by atoms with Crippen LogP contribution in [-0.2, 0) is 14.3 Å². The second kappa shape index (κ2) is 11.9. The summed E-state index contributed by atoms with van der Waals surface area (Å²) in [4.78, 5) is 22.6. The Bertz CT molecular complexity index is 712. The zero-order valence-electron chi connectivity index (χ0n) is 18.4. The lowest BCUT2D eigenvalue weighted by atomic mass is 9.94. The van der Waals surface area contributed by atoms with Gasteiger partial charge in [0, 0.05) is 0 Å². The van der Waals surface area contributed by atoms with Crippen molar-refractivity contribution in [1.29, 1.82) is 0 Å². The molecule has 0 rings (SSSR count). The van der Waals surface area contributed by atoms with Crippen LogP contribution in [0.25, 0.3) is 0 Å². The maximum Gasteiger partial charge on any atom is 0.384 e. The van der Waals surface area contributed by atoms with Gasteiger partial charge in [-0.05, 0) is 19.3 Å². The summed E-state index contributed by atoms with van der Waals surface area (Å²) in [7, 11) is 0. The zero-order valence-corrected chi connectivity index (χ0v) is 18.4. The van der Waals surface area contributed by atoms with Crippen LogP contribution < -0.4 is 0 Å². The molecule has 208 valence electrons. The summed E-state index contributed by atoms with van der Waals surface area (Å²) < 4.78 is 161. The van der Waals surface area contributed by atoms with Crippen LogP contribution in [0.3, 0.4) is 0 Å². The summed E-state index contributed by atoms with van der Waals surface area (Å²) >= 11 is 0. The number of carbonyl (C=O) groups is 2. The Hall–Kier alpha value is -1.90. The molecule has 35 heavy (non-hydrogen) atoms. The van der Waals surface area contributed by atoms with Crippen molar-refractivity contribution in [1.82, 2.24) is 0 Å². The zero-order chi connectivity index (χ0) is 28.0. The molecule has 0 aromatic carbocycles.